The van der Waals surface area contributed by atoms with Crippen LogP contribution in [0.1, 0.15) is 64.2 Å². The van der Waals surface area contributed by atoms with E-state index in [1.165, 1.54) is 61.9 Å². The predicted octanol–water partition coefficient (Wildman–Crippen LogP) is 8.01. The molecule has 0 spiro atoms. The van der Waals surface area contributed by atoms with Crippen LogP contribution in [0, 0.1) is 0 Å². The average molecular weight is 369 g/mol. The fourth-order valence-corrected chi connectivity index (χ4v) is 12.2. The molecule has 4 heteroatoms. The van der Waals surface area contributed by atoms with Crippen LogP contribution in [0.5, 0.6) is 0 Å². The first-order valence-electron chi connectivity index (χ1n) is 8.42. The summed E-state index contributed by atoms with van der Waals surface area (Å²) >= 11 is 15.4. The van der Waals surface area contributed by atoms with Gasteiger partial charge in [-0.15, -0.1) is 0 Å². The zero-order valence-corrected chi connectivity index (χ0v) is 17.1. The van der Waals surface area contributed by atoms with Crippen molar-refractivity contribution in [3.8, 4) is 0 Å². The molecule has 0 amide bonds. The zero-order chi connectivity index (χ0) is 15.8. The molecule has 1 heterocycles. The second kappa shape index (κ2) is 9.11. The minimum atomic E-state index is -2.15. The Kier molecular flexibility index (Phi) is 8.57. The quantitative estimate of drug-likeness (QED) is 0.347. The Labute approximate surface area is 145 Å². The molecule has 0 aliphatic heterocycles. The standard InChI is InChI=1S/C17H31Cl2PS/c1-4-7-12-20(19,13-8-5-2,14-9-6-3)15-16-10-11-17(18)21-16/h10-11H,4-9,12-15H2,1-3H3. The minimum absolute atomic E-state index is 0.896. The van der Waals surface area contributed by atoms with Crippen molar-refractivity contribution in [2.45, 2.75) is 65.5 Å². The van der Waals surface area contributed by atoms with Gasteiger partial charge >= 0.3 is 145 Å². The van der Waals surface area contributed by atoms with Crippen molar-refractivity contribution in [2.75, 3.05) is 18.5 Å². The third-order valence-electron chi connectivity index (χ3n) is 4.39. The molecular weight excluding hydrogens is 338 g/mol. The fraction of sp³-hybridized carbons (Fsp3) is 0.765. The molecule has 0 aliphatic carbocycles. The van der Waals surface area contributed by atoms with Gasteiger partial charge in [0.15, 0.2) is 0 Å². The normalized spacial score (nSPS) is 14.0. The van der Waals surface area contributed by atoms with Gasteiger partial charge in [-0.1, -0.05) is 0 Å². The van der Waals surface area contributed by atoms with Gasteiger partial charge in [0.1, 0.15) is 0 Å². The van der Waals surface area contributed by atoms with Crippen LogP contribution in [0.25, 0.3) is 0 Å². The van der Waals surface area contributed by atoms with Crippen LogP contribution in [-0.4, -0.2) is 18.5 Å². The molecule has 0 saturated heterocycles. The summed E-state index contributed by atoms with van der Waals surface area (Å²) in [5.74, 6) is -2.15. The number of rotatable bonds is 11. The molecule has 0 N–H and O–H groups in total. The van der Waals surface area contributed by atoms with Gasteiger partial charge in [0, 0.05) is 0 Å². The Hall–Kier alpha value is 0.710. The van der Waals surface area contributed by atoms with E-state index in [0.717, 1.165) is 10.5 Å². The molecular formula is C17H31Cl2PS. The van der Waals surface area contributed by atoms with Gasteiger partial charge in [-0.2, -0.15) is 0 Å². The Morgan fingerprint density at radius 3 is 1.71 bits per heavy atom. The summed E-state index contributed by atoms with van der Waals surface area (Å²) < 4.78 is 0.896. The van der Waals surface area contributed by atoms with Crippen LogP contribution in [0.15, 0.2) is 12.1 Å². The molecule has 124 valence electrons. The van der Waals surface area contributed by atoms with E-state index in [9.17, 15) is 0 Å². The second-order valence-corrected chi connectivity index (χ2v) is 16.4. The Balaban J connectivity index is 3.01. The summed E-state index contributed by atoms with van der Waals surface area (Å²) in [5, 5.41) is 0. The predicted molar refractivity (Wildman–Crippen MR) is 105 cm³/mol. The fourth-order valence-electron chi connectivity index (χ4n) is 3.06. The van der Waals surface area contributed by atoms with Crippen molar-refractivity contribution < 1.29 is 0 Å². The molecule has 0 atom stereocenters. The SMILES string of the molecule is CCCCP(Cl)(CCCC)(CCCC)Cc1ccc(Cl)s1. The van der Waals surface area contributed by atoms with Crippen LogP contribution in [-0.2, 0) is 6.16 Å². The molecule has 0 fully saturated rings. The van der Waals surface area contributed by atoms with Gasteiger partial charge in [0.25, 0.3) is 0 Å². The van der Waals surface area contributed by atoms with Crippen LogP contribution >= 0.6 is 40.1 Å². The van der Waals surface area contributed by atoms with E-state index < -0.39 is 5.96 Å². The van der Waals surface area contributed by atoms with Crippen molar-refractivity contribution in [3.63, 3.8) is 0 Å². The maximum atomic E-state index is 7.57. The molecule has 1 rings (SSSR count). The van der Waals surface area contributed by atoms with Gasteiger partial charge in [0.05, 0.1) is 0 Å². The Morgan fingerprint density at radius 1 is 0.905 bits per heavy atom. The van der Waals surface area contributed by atoms with Crippen molar-refractivity contribution in [3.05, 3.63) is 21.3 Å². The number of thiophene rings is 1. The van der Waals surface area contributed by atoms with Gasteiger partial charge in [-0.3, -0.25) is 0 Å². The van der Waals surface area contributed by atoms with E-state index in [0.29, 0.717) is 0 Å². The van der Waals surface area contributed by atoms with Crippen molar-refractivity contribution in [1.29, 1.82) is 0 Å². The molecule has 0 aliphatic rings. The van der Waals surface area contributed by atoms with Crippen molar-refractivity contribution in [1.82, 2.24) is 0 Å². The molecule has 0 nitrogen and oxygen atoms in total. The summed E-state index contributed by atoms with van der Waals surface area (Å²) in [7, 11) is 0. The number of hydrogen-bond donors (Lipinski definition) is 0. The Bertz CT molecular complexity index is 392. The van der Waals surface area contributed by atoms with Crippen LogP contribution in [0.2, 0.25) is 4.34 Å². The zero-order valence-electron chi connectivity index (χ0n) is 13.8. The van der Waals surface area contributed by atoms with Gasteiger partial charge in [-0.25, -0.2) is 0 Å². The first-order chi connectivity index (χ1) is 9.95. The van der Waals surface area contributed by atoms with Crippen molar-refractivity contribution in [2.24, 2.45) is 0 Å². The van der Waals surface area contributed by atoms with Crippen LogP contribution in [0.4, 0.5) is 0 Å². The van der Waals surface area contributed by atoms with E-state index in [1.807, 2.05) is 6.07 Å². The molecule has 0 aromatic carbocycles. The van der Waals surface area contributed by atoms with E-state index in [2.05, 4.69) is 26.8 Å². The molecule has 0 unspecified atom stereocenters. The number of hydrogen-bond acceptors (Lipinski definition) is 1. The van der Waals surface area contributed by atoms with Gasteiger partial charge in [0.2, 0.25) is 0 Å². The second-order valence-electron chi connectivity index (χ2n) is 6.42. The van der Waals surface area contributed by atoms with Gasteiger partial charge in [-0.05, 0) is 0 Å². The first kappa shape index (κ1) is 19.8. The third-order valence-corrected chi connectivity index (χ3v) is 13.1. The number of halogens is 2. The first-order valence-corrected chi connectivity index (χ1v) is 13.5. The summed E-state index contributed by atoms with van der Waals surface area (Å²) in [4.78, 5) is 1.40. The van der Waals surface area contributed by atoms with Gasteiger partial charge < -0.3 is 0 Å². The topological polar surface area (TPSA) is 0 Å². The molecule has 0 radical (unpaired) electrons. The Morgan fingerprint density at radius 2 is 1.38 bits per heavy atom. The summed E-state index contributed by atoms with van der Waals surface area (Å²) in [5.41, 5.74) is 0. The van der Waals surface area contributed by atoms with E-state index in [-0.39, 0.29) is 0 Å². The monoisotopic (exact) mass is 368 g/mol. The summed E-state index contributed by atoms with van der Waals surface area (Å²) in [6.07, 6.45) is 12.4. The van der Waals surface area contributed by atoms with E-state index >= 15 is 0 Å². The molecule has 1 aromatic rings. The molecule has 21 heavy (non-hydrogen) atoms. The van der Waals surface area contributed by atoms with E-state index in [4.69, 9.17) is 22.8 Å². The van der Waals surface area contributed by atoms with Crippen molar-refractivity contribution >= 4 is 40.1 Å². The van der Waals surface area contributed by atoms with Crippen LogP contribution < -0.4 is 0 Å². The van der Waals surface area contributed by atoms with E-state index in [1.54, 1.807) is 11.3 Å². The molecule has 0 bridgehead atoms. The van der Waals surface area contributed by atoms with Crippen LogP contribution in [0.3, 0.4) is 0 Å². The molecule has 0 saturated carbocycles. The summed E-state index contributed by atoms with van der Waals surface area (Å²) in [6.45, 7) is 6.83. The molecule has 1 aromatic heterocycles. The maximum absolute atomic E-state index is 7.57. The average Bonchev–Trinajstić information content (AvgIpc) is 2.86. The number of unbranched alkanes of at least 4 members (excludes halogenated alkanes) is 3. The third kappa shape index (κ3) is 6.38. The summed E-state index contributed by atoms with van der Waals surface area (Å²) in [6, 6.07) is 4.22.